The van der Waals surface area contributed by atoms with Crippen LogP contribution in [0.3, 0.4) is 0 Å². The molecule has 7 heteroatoms. The molecule has 0 saturated heterocycles. The molecule has 26 heavy (non-hydrogen) atoms. The zero-order valence-electron chi connectivity index (χ0n) is 14.5. The Morgan fingerprint density at radius 2 is 1.81 bits per heavy atom. The van der Waals surface area contributed by atoms with E-state index in [1.807, 2.05) is 32.9 Å². The van der Waals surface area contributed by atoms with Gasteiger partial charge in [-0.15, -0.1) is 0 Å². The molecular formula is C19H16ClN5O. The van der Waals surface area contributed by atoms with Gasteiger partial charge in [0, 0.05) is 29.2 Å². The summed E-state index contributed by atoms with van der Waals surface area (Å²) in [6.07, 6.45) is 1.57. The minimum Gasteiger partial charge on any atom is -0.357 e. The van der Waals surface area contributed by atoms with Gasteiger partial charge in [-0.1, -0.05) is 11.6 Å². The molecule has 0 aliphatic heterocycles. The fraction of sp³-hybridized carbons (Fsp3) is 0.158. The first-order valence-corrected chi connectivity index (χ1v) is 8.51. The third kappa shape index (κ3) is 2.78. The third-order valence-electron chi connectivity index (χ3n) is 4.17. The summed E-state index contributed by atoms with van der Waals surface area (Å²) in [5.74, 6) is 0. The maximum atomic E-state index is 12.2. The number of hydrogen-bond acceptors (Lipinski definition) is 4. The summed E-state index contributed by atoms with van der Waals surface area (Å²) in [5, 5.41) is 0.370. The van der Waals surface area contributed by atoms with Gasteiger partial charge >= 0.3 is 0 Å². The zero-order chi connectivity index (χ0) is 18.4. The van der Waals surface area contributed by atoms with E-state index in [2.05, 4.69) is 19.9 Å². The van der Waals surface area contributed by atoms with E-state index in [-0.39, 0.29) is 10.9 Å². The molecular weight excluding hydrogens is 350 g/mol. The smallest absolute Gasteiger partial charge is 0.209 e. The molecule has 0 amide bonds. The lowest BCUT2D eigenvalue weighted by Crippen LogP contribution is -2.07. The lowest BCUT2D eigenvalue weighted by atomic mass is 10.1. The SMILES string of the molecule is Cc1cc(-c2nc3c(=O)cc[nH]c3nc2-c2[nH]c(C)cc2C)cc(Cl)n1. The van der Waals surface area contributed by atoms with Gasteiger partial charge in [-0.3, -0.25) is 4.79 Å². The topological polar surface area (TPSA) is 87.3 Å². The number of halogens is 1. The molecule has 0 fully saturated rings. The van der Waals surface area contributed by atoms with Crippen LogP contribution >= 0.6 is 11.6 Å². The number of hydrogen-bond donors (Lipinski definition) is 2. The molecule has 0 aromatic carbocycles. The Kier molecular flexibility index (Phi) is 3.85. The summed E-state index contributed by atoms with van der Waals surface area (Å²) in [4.78, 5) is 32.1. The highest BCUT2D eigenvalue weighted by atomic mass is 35.5. The van der Waals surface area contributed by atoms with E-state index in [1.165, 1.54) is 6.07 Å². The third-order valence-corrected chi connectivity index (χ3v) is 4.36. The number of fused-ring (bicyclic) bond motifs is 1. The van der Waals surface area contributed by atoms with E-state index in [0.717, 1.165) is 28.2 Å². The monoisotopic (exact) mass is 365 g/mol. The fourth-order valence-electron chi connectivity index (χ4n) is 3.10. The maximum absolute atomic E-state index is 12.2. The van der Waals surface area contributed by atoms with E-state index in [1.54, 1.807) is 12.3 Å². The molecule has 0 aliphatic carbocycles. The van der Waals surface area contributed by atoms with E-state index in [0.29, 0.717) is 22.2 Å². The second kappa shape index (κ2) is 6.07. The van der Waals surface area contributed by atoms with Gasteiger partial charge in [-0.2, -0.15) is 0 Å². The van der Waals surface area contributed by atoms with Crippen LogP contribution in [0.4, 0.5) is 0 Å². The Bertz CT molecular complexity index is 1190. The summed E-state index contributed by atoms with van der Waals surface area (Å²) in [7, 11) is 0. The van der Waals surface area contributed by atoms with Crippen molar-refractivity contribution in [1.29, 1.82) is 0 Å². The van der Waals surface area contributed by atoms with Gasteiger partial charge in [-0.05, 0) is 44.5 Å². The molecule has 0 bridgehead atoms. The van der Waals surface area contributed by atoms with Crippen molar-refractivity contribution < 1.29 is 0 Å². The molecule has 0 atom stereocenters. The molecule has 0 unspecified atom stereocenters. The molecule has 4 aromatic rings. The number of nitrogens with zero attached hydrogens (tertiary/aromatic N) is 3. The first-order valence-electron chi connectivity index (χ1n) is 8.13. The molecule has 4 rings (SSSR count). The van der Waals surface area contributed by atoms with Crippen molar-refractivity contribution in [2.45, 2.75) is 20.8 Å². The van der Waals surface area contributed by atoms with Gasteiger partial charge in [0.25, 0.3) is 0 Å². The average molecular weight is 366 g/mol. The number of rotatable bonds is 2. The van der Waals surface area contributed by atoms with Crippen molar-refractivity contribution in [2.24, 2.45) is 0 Å². The van der Waals surface area contributed by atoms with Crippen molar-refractivity contribution in [2.75, 3.05) is 0 Å². The Labute approximate surface area is 154 Å². The predicted octanol–water partition coefficient (Wildman–Crippen LogP) is 3.95. The van der Waals surface area contributed by atoms with Crippen LogP contribution in [0.15, 0.2) is 35.3 Å². The molecule has 130 valence electrons. The predicted molar refractivity (Wildman–Crippen MR) is 102 cm³/mol. The van der Waals surface area contributed by atoms with Crippen LogP contribution in [-0.2, 0) is 0 Å². The Balaban J connectivity index is 2.12. The van der Waals surface area contributed by atoms with E-state index in [9.17, 15) is 4.79 Å². The first-order chi connectivity index (χ1) is 12.4. The minimum absolute atomic E-state index is 0.185. The highest BCUT2D eigenvalue weighted by Crippen LogP contribution is 2.32. The highest BCUT2D eigenvalue weighted by Gasteiger charge is 2.18. The lowest BCUT2D eigenvalue weighted by molar-refractivity contribution is 1.17. The number of H-pyrrole nitrogens is 2. The average Bonchev–Trinajstić information content (AvgIpc) is 2.91. The molecule has 0 radical (unpaired) electrons. The summed E-state index contributed by atoms with van der Waals surface area (Å²) in [6.45, 7) is 5.85. The van der Waals surface area contributed by atoms with Crippen LogP contribution in [0, 0.1) is 20.8 Å². The van der Waals surface area contributed by atoms with Crippen molar-refractivity contribution >= 4 is 22.8 Å². The number of pyridine rings is 2. The van der Waals surface area contributed by atoms with Crippen molar-refractivity contribution in [1.82, 2.24) is 24.9 Å². The van der Waals surface area contributed by atoms with Gasteiger partial charge < -0.3 is 9.97 Å². The van der Waals surface area contributed by atoms with Crippen LogP contribution < -0.4 is 5.43 Å². The van der Waals surface area contributed by atoms with Crippen LogP contribution in [0.5, 0.6) is 0 Å². The molecule has 6 nitrogen and oxygen atoms in total. The molecule has 0 saturated carbocycles. The highest BCUT2D eigenvalue weighted by molar-refractivity contribution is 6.29. The summed E-state index contributed by atoms with van der Waals surface area (Å²) >= 11 is 6.15. The second-order valence-corrected chi connectivity index (χ2v) is 6.68. The second-order valence-electron chi connectivity index (χ2n) is 6.29. The van der Waals surface area contributed by atoms with E-state index in [4.69, 9.17) is 16.6 Å². The molecule has 4 heterocycles. The Morgan fingerprint density at radius 1 is 1.00 bits per heavy atom. The number of aryl methyl sites for hydroxylation is 3. The van der Waals surface area contributed by atoms with Crippen LogP contribution in [0.2, 0.25) is 5.15 Å². The van der Waals surface area contributed by atoms with Crippen LogP contribution in [-0.4, -0.2) is 24.9 Å². The molecule has 4 aromatic heterocycles. The summed E-state index contributed by atoms with van der Waals surface area (Å²) in [5.41, 5.74) is 6.26. The molecule has 0 spiro atoms. The van der Waals surface area contributed by atoms with Gasteiger partial charge in [-0.25, -0.2) is 15.0 Å². The van der Waals surface area contributed by atoms with Gasteiger partial charge in [0.1, 0.15) is 10.8 Å². The Morgan fingerprint density at radius 3 is 2.50 bits per heavy atom. The van der Waals surface area contributed by atoms with Crippen molar-refractivity contribution in [3.8, 4) is 22.6 Å². The lowest BCUT2D eigenvalue weighted by Gasteiger charge is -2.10. The zero-order valence-corrected chi connectivity index (χ0v) is 15.3. The quantitative estimate of drug-likeness (QED) is 0.526. The molecule has 2 N–H and O–H groups in total. The van der Waals surface area contributed by atoms with E-state index < -0.39 is 0 Å². The normalized spacial score (nSPS) is 11.2. The standard InChI is InChI=1S/C19H16ClN5O/c1-9-6-10(2)23-15(9)18-16(12-7-11(3)22-14(20)8-12)24-17-13(26)4-5-21-19(17)25-18/h4-8,23H,1-3H3,(H,21,25,26). The van der Waals surface area contributed by atoms with Crippen molar-refractivity contribution in [3.63, 3.8) is 0 Å². The van der Waals surface area contributed by atoms with Crippen molar-refractivity contribution in [3.05, 3.63) is 62.8 Å². The van der Waals surface area contributed by atoms with Gasteiger partial charge in [0.05, 0.1) is 11.4 Å². The maximum Gasteiger partial charge on any atom is 0.209 e. The van der Waals surface area contributed by atoms with Crippen LogP contribution in [0.1, 0.15) is 17.0 Å². The summed E-state index contributed by atoms with van der Waals surface area (Å²) < 4.78 is 0. The first kappa shape index (κ1) is 16.5. The van der Waals surface area contributed by atoms with Gasteiger partial charge in [0.15, 0.2) is 11.2 Å². The Hall–Kier alpha value is -2.99. The van der Waals surface area contributed by atoms with E-state index >= 15 is 0 Å². The largest absolute Gasteiger partial charge is 0.357 e. The summed E-state index contributed by atoms with van der Waals surface area (Å²) in [6, 6.07) is 7.10. The molecule has 0 aliphatic rings. The number of aromatic amines is 2. The number of aromatic nitrogens is 5. The minimum atomic E-state index is -0.185. The van der Waals surface area contributed by atoms with Crippen LogP contribution in [0.25, 0.3) is 33.8 Å². The number of nitrogens with one attached hydrogen (secondary N) is 2. The van der Waals surface area contributed by atoms with Gasteiger partial charge in [0.2, 0.25) is 5.43 Å². The fourth-order valence-corrected chi connectivity index (χ4v) is 3.35.